The number of hydrogen-bond acceptors (Lipinski definition) is 4. The summed E-state index contributed by atoms with van der Waals surface area (Å²) < 4.78 is 5.33. The van der Waals surface area contributed by atoms with Crippen LogP contribution in [0.3, 0.4) is 0 Å². The molecule has 0 saturated heterocycles. The highest BCUT2D eigenvalue weighted by Gasteiger charge is 2.24. The molecule has 0 unspecified atom stereocenters. The summed E-state index contributed by atoms with van der Waals surface area (Å²) in [5, 5.41) is 9.49. The van der Waals surface area contributed by atoms with Gasteiger partial charge < -0.3 is 25.6 Å². The zero-order valence-corrected chi connectivity index (χ0v) is 18.6. The lowest BCUT2D eigenvalue weighted by molar-refractivity contribution is 0.0474. The number of aliphatic imine (C=N–C) groups is 1. The summed E-state index contributed by atoms with van der Waals surface area (Å²) in [5.41, 5.74) is 1.49. The molecule has 0 aliphatic carbocycles. The number of ether oxygens (including phenoxy) is 1. The highest BCUT2D eigenvalue weighted by atomic mass is 16.6. The van der Waals surface area contributed by atoms with Gasteiger partial charge >= 0.3 is 6.09 Å². The highest BCUT2D eigenvalue weighted by Crippen LogP contribution is 2.11. The van der Waals surface area contributed by atoms with Crippen LogP contribution in [0.15, 0.2) is 29.3 Å². The van der Waals surface area contributed by atoms with Crippen LogP contribution in [0.4, 0.5) is 4.79 Å². The Balaban J connectivity index is 2.58. The SMILES string of the molecule is CN=C(NCc1ccccc1CN(C)C)NCC(C)(C)NC(=O)OC(C)(C)C. The van der Waals surface area contributed by atoms with Crippen LogP contribution >= 0.6 is 0 Å². The van der Waals surface area contributed by atoms with Crippen LogP contribution in [-0.4, -0.2) is 55.8 Å². The van der Waals surface area contributed by atoms with E-state index in [0.29, 0.717) is 19.0 Å². The summed E-state index contributed by atoms with van der Waals surface area (Å²) in [5.74, 6) is 0.679. The van der Waals surface area contributed by atoms with Gasteiger partial charge in [0.25, 0.3) is 0 Å². The number of carbonyl (C=O) groups excluding carboxylic acids is 1. The minimum Gasteiger partial charge on any atom is -0.444 e. The molecule has 158 valence electrons. The van der Waals surface area contributed by atoms with Crippen molar-refractivity contribution in [3.63, 3.8) is 0 Å². The van der Waals surface area contributed by atoms with Crippen molar-refractivity contribution in [1.29, 1.82) is 0 Å². The van der Waals surface area contributed by atoms with Crippen molar-refractivity contribution >= 4 is 12.1 Å². The first-order valence-corrected chi connectivity index (χ1v) is 9.59. The molecule has 7 heteroatoms. The van der Waals surface area contributed by atoms with E-state index < -0.39 is 17.2 Å². The van der Waals surface area contributed by atoms with E-state index in [-0.39, 0.29) is 0 Å². The Morgan fingerprint density at radius 3 is 2.21 bits per heavy atom. The molecule has 1 aromatic carbocycles. The van der Waals surface area contributed by atoms with Crippen LogP contribution in [-0.2, 0) is 17.8 Å². The molecule has 0 aliphatic rings. The first kappa shape index (κ1) is 23.8. The van der Waals surface area contributed by atoms with Gasteiger partial charge in [0.1, 0.15) is 5.60 Å². The van der Waals surface area contributed by atoms with Gasteiger partial charge in [-0.3, -0.25) is 4.99 Å². The summed E-state index contributed by atoms with van der Waals surface area (Å²) in [6, 6.07) is 8.36. The number of alkyl carbamates (subject to hydrolysis) is 1. The maximum absolute atomic E-state index is 12.0. The van der Waals surface area contributed by atoms with Crippen molar-refractivity contribution < 1.29 is 9.53 Å². The third-order valence-electron chi connectivity index (χ3n) is 3.81. The van der Waals surface area contributed by atoms with Gasteiger partial charge in [-0.15, -0.1) is 0 Å². The second-order valence-corrected chi connectivity index (χ2v) is 8.80. The predicted molar refractivity (Wildman–Crippen MR) is 115 cm³/mol. The minimum atomic E-state index is -0.523. The molecule has 0 aliphatic heterocycles. The van der Waals surface area contributed by atoms with Crippen molar-refractivity contribution in [2.24, 2.45) is 4.99 Å². The Bertz CT molecular complexity index is 663. The van der Waals surface area contributed by atoms with Gasteiger partial charge in [0.05, 0.1) is 5.54 Å². The number of hydrogen-bond donors (Lipinski definition) is 3. The average molecular weight is 392 g/mol. The molecule has 1 rings (SSSR count). The number of nitrogens with zero attached hydrogens (tertiary/aromatic N) is 2. The molecular formula is C21H37N5O2. The van der Waals surface area contributed by atoms with Crippen molar-refractivity contribution in [2.75, 3.05) is 27.7 Å². The quantitative estimate of drug-likeness (QED) is 0.492. The lowest BCUT2D eigenvalue weighted by atomic mass is 10.1. The molecule has 0 radical (unpaired) electrons. The number of nitrogens with one attached hydrogen (secondary N) is 3. The minimum absolute atomic E-state index is 0.431. The molecule has 0 spiro atoms. The lowest BCUT2D eigenvalue weighted by Crippen LogP contribution is -2.54. The van der Waals surface area contributed by atoms with E-state index in [1.54, 1.807) is 7.05 Å². The van der Waals surface area contributed by atoms with Gasteiger partial charge in [0, 0.05) is 26.7 Å². The van der Waals surface area contributed by atoms with Gasteiger partial charge in [0.15, 0.2) is 5.96 Å². The Morgan fingerprint density at radius 1 is 1.07 bits per heavy atom. The molecule has 0 aromatic heterocycles. The number of carbonyl (C=O) groups is 1. The van der Waals surface area contributed by atoms with E-state index in [2.05, 4.69) is 58.1 Å². The monoisotopic (exact) mass is 391 g/mol. The molecule has 28 heavy (non-hydrogen) atoms. The van der Waals surface area contributed by atoms with E-state index in [9.17, 15) is 4.79 Å². The second kappa shape index (κ2) is 10.3. The van der Waals surface area contributed by atoms with Gasteiger partial charge in [-0.2, -0.15) is 0 Å². The maximum atomic E-state index is 12.0. The largest absolute Gasteiger partial charge is 0.444 e. The molecule has 7 nitrogen and oxygen atoms in total. The highest BCUT2D eigenvalue weighted by molar-refractivity contribution is 5.79. The van der Waals surface area contributed by atoms with Gasteiger partial charge in [-0.25, -0.2) is 4.79 Å². The van der Waals surface area contributed by atoms with E-state index in [1.165, 1.54) is 11.1 Å². The number of benzene rings is 1. The summed E-state index contributed by atoms with van der Waals surface area (Å²) in [6.45, 7) is 11.5. The number of amides is 1. The normalized spacial score (nSPS) is 12.7. The molecule has 3 N–H and O–H groups in total. The molecular weight excluding hydrogens is 354 g/mol. The van der Waals surface area contributed by atoms with Gasteiger partial charge in [-0.05, 0) is 59.8 Å². The topological polar surface area (TPSA) is 78.0 Å². The fourth-order valence-electron chi connectivity index (χ4n) is 2.55. The number of rotatable bonds is 7. The van der Waals surface area contributed by atoms with Crippen LogP contribution in [0.5, 0.6) is 0 Å². The van der Waals surface area contributed by atoms with Crippen LogP contribution in [0, 0.1) is 0 Å². The standard InChI is InChI=1S/C21H37N5O2/c1-20(2,3)28-19(27)25-21(4,5)15-24-18(22-6)23-13-16-11-9-10-12-17(16)14-26(7)8/h9-12H,13-15H2,1-8H3,(H,25,27)(H2,22,23,24). The Kier molecular flexibility index (Phi) is 8.75. The molecule has 1 aromatic rings. The van der Waals surface area contributed by atoms with E-state index in [1.807, 2.05) is 40.7 Å². The molecule has 0 fully saturated rings. The third kappa shape index (κ3) is 9.60. The van der Waals surface area contributed by atoms with Gasteiger partial charge in [0.2, 0.25) is 0 Å². The summed E-state index contributed by atoms with van der Waals surface area (Å²) >= 11 is 0. The lowest BCUT2D eigenvalue weighted by Gasteiger charge is -2.29. The summed E-state index contributed by atoms with van der Waals surface area (Å²) in [6.07, 6.45) is -0.431. The zero-order valence-electron chi connectivity index (χ0n) is 18.6. The first-order chi connectivity index (χ1) is 12.9. The van der Waals surface area contributed by atoms with Crippen molar-refractivity contribution in [2.45, 2.75) is 58.8 Å². The third-order valence-corrected chi connectivity index (χ3v) is 3.81. The fourth-order valence-corrected chi connectivity index (χ4v) is 2.55. The Morgan fingerprint density at radius 2 is 1.68 bits per heavy atom. The van der Waals surface area contributed by atoms with E-state index in [0.717, 1.165) is 6.54 Å². The fraction of sp³-hybridized carbons (Fsp3) is 0.619. The van der Waals surface area contributed by atoms with Crippen LogP contribution in [0.2, 0.25) is 0 Å². The smallest absolute Gasteiger partial charge is 0.408 e. The second-order valence-electron chi connectivity index (χ2n) is 8.80. The van der Waals surface area contributed by atoms with Crippen molar-refractivity contribution in [3.05, 3.63) is 35.4 Å². The number of guanidine groups is 1. The summed E-state index contributed by atoms with van der Waals surface area (Å²) in [4.78, 5) is 18.4. The molecule has 0 heterocycles. The molecule has 1 amide bonds. The van der Waals surface area contributed by atoms with Gasteiger partial charge in [-0.1, -0.05) is 24.3 Å². The van der Waals surface area contributed by atoms with E-state index >= 15 is 0 Å². The zero-order chi connectivity index (χ0) is 21.4. The summed E-state index contributed by atoms with van der Waals surface area (Å²) in [7, 11) is 5.85. The van der Waals surface area contributed by atoms with Crippen molar-refractivity contribution in [1.82, 2.24) is 20.9 Å². The maximum Gasteiger partial charge on any atom is 0.408 e. The van der Waals surface area contributed by atoms with Crippen LogP contribution < -0.4 is 16.0 Å². The van der Waals surface area contributed by atoms with Crippen LogP contribution in [0.1, 0.15) is 45.7 Å². The predicted octanol–water partition coefficient (Wildman–Crippen LogP) is 2.72. The Labute approximate surface area is 169 Å². The van der Waals surface area contributed by atoms with Crippen molar-refractivity contribution in [3.8, 4) is 0 Å². The molecule has 0 saturated carbocycles. The molecule has 0 atom stereocenters. The average Bonchev–Trinajstić information content (AvgIpc) is 2.53. The van der Waals surface area contributed by atoms with E-state index in [4.69, 9.17) is 4.74 Å². The first-order valence-electron chi connectivity index (χ1n) is 9.59. The Hall–Kier alpha value is -2.28. The molecule has 0 bridgehead atoms. The van der Waals surface area contributed by atoms with Crippen LogP contribution in [0.25, 0.3) is 0 Å².